The molecule has 4 nitrogen and oxygen atoms in total. The van der Waals surface area contributed by atoms with Gasteiger partial charge < -0.3 is 9.72 Å². The Morgan fingerprint density at radius 1 is 1.38 bits per heavy atom. The molecule has 0 aliphatic heterocycles. The van der Waals surface area contributed by atoms with E-state index in [9.17, 15) is 22.4 Å². The summed E-state index contributed by atoms with van der Waals surface area (Å²) in [6.07, 6.45) is -4.65. The van der Waals surface area contributed by atoms with Crippen LogP contribution in [0.5, 0.6) is 0 Å². The van der Waals surface area contributed by atoms with Crippen LogP contribution in [0.15, 0.2) is 22.8 Å². The van der Waals surface area contributed by atoms with Gasteiger partial charge in [0.15, 0.2) is 5.69 Å². The number of halogens is 5. The van der Waals surface area contributed by atoms with E-state index in [1.165, 1.54) is 6.07 Å². The van der Waals surface area contributed by atoms with E-state index in [0.29, 0.717) is 0 Å². The fraction of sp³-hybridized carbons (Fsp3) is 0.167. The summed E-state index contributed by atoms with van der Waals surface area (Å²) in [5.41, 5.74) is -1.37. The first-order valence-electron chi connectivity index (χ1n) is 5.45. The van der Waals surface area contributed by atoms with Crippen LogP contribution < -0.4 is 0 Å². The highest BCUT2D eigenvalue weighted by Gasteiger charge is 2.36. The molecule has 0 bridgehead atoms. The zero-order valence-corrected chi connectivity index (χ0v) is 12.0. The van der Waals surface area contributed by atoms with Crippen LogP contribution in [0.4, 0.5) is 17.6 Å². The van der Waals surface area contributed by atoms with Crippen LogP contribution in [0, 0.1) is 5.82 Å². The predicted octanol–water partition coefficient (Wildman–Crippen LogP) is 3.78. The molecule has 0 aliphatic rings. The molecule has 1 heterocycles. The summed E-state index contributed by atoms with van der Waals surface area (Å²) >= 11 is 2.66. The van der Waals surface area contributed by atoms with Crippen molar-refractivity contribution in [1.29, 1.82) is 0 Å². The second-order valence-electron chi connectivity index (χ2n) is 3.94. The number of aromatic nitrogens is 2. The molecule has 0 saturated carbocycles. The van der Waals surface area contributed by atoms with Crippen molar-refractivity contribution >= 4 is 21.9 Å². The molecule has 0 unspecified atom stereocenters. The fourth-order valence-corrected chi connectivity index (χ4v) is 2.12. The predicted molar refractivity (Wildman–Crippen MR) is 68.0 cm³/mol. The molecular weight excluding hydrogens is 360 g/mol. The third-order valence-electron chi connectivity index (χ3n) is 2.59. The number of H-pyrrole nitrogens is 1. The van der Waals surface area contributed by atoms with Crippen molar-refractivity contribution in [3.8, 4) is 11.4 Å². The molecule has 0 saturated heterocycles. The van der Waals surface area contributed by atoms with E-state index in [4.69, 9.17) is 0 Å². The molecule has 0 amide bonds. The maximum Gasteiger partial charge on any atom is 0.433 e. The molecule has 9 heteroatoms. The van der Waals surface area contributed by atoms with Crippen LogP contribution in [0.3, 0.4) is 0 Å². The third-order valence-corrected chi connectivity index (χ3v) is 3.16. The number of aromatic amines is 1. The standard InChI is InChI=1S/C12H7BrF4N2O2/c1-21-11(20)5-2-3-6(7(14)4-5)10-18-8(9(13)19-10)12(15,16)17/h2-4H,1H3,(H,18,19). The van der Waals surface area contributed by atoms with Gasteiger partial charge in [-0.3, -0.25) is 0 Å². The van der Waals surface area contributed by atoms with Crippen molar-refractivity contribution in [2.24, 2.45) is 0 Å². The summed E-state index contributed by atoms with van der Waals surface area (Å²) in [6.45, 7) is 0. The fourth-order valence-electron chi connectivity index (χ4n) is 1.62. The lowest BCUT2D eigenvalue weighted by Crippen LogP contribution is -2.06. The van der Waals surface area contributed by atoms with Crippen LogP contribution in [0.25, 0.3) is 11.4 Å². The van der Waals surface area contributed by atoms with Gasteiger partial charge in [-0.2, -0.15) is 13.2 Å². The van der Waals surface area contributed by atoms with E-state index in [0.717, 1.165) is 19.2 Å². The monoisotopic (exact) mass is 366 g/mol. The molecule has 1 aromatic heterocycles. The van der Waals surface area contributed by atoms with E-state index in [1.807, 2.05) is 4.98 Å². The molecule has 1 N–H and O–H groups in total. The van der Waals surface area contributed by atoms with Crippen molar-refractivity contribution in [2.75, 3.05) is 7.11 Å². The van der Waals surface area contributed by atoms with Crippen LogP contribution in [-0.2, 0) is 10.9 Å². The smallest absolute Gasteiger partial charge is 0.433 e. The molecule has 2 aromatic rings. The van der Waals surface area contributed by atoms with Gasteiger partial charge in [0, 0.05) is 0 Å². The topological polar surface area (TPSA) is 55.0 Å². The van der Waals surface area contributed by atoms with E-state index in [2.05, 4.69) is 25.7 Å². The number of hydrogen-bond acceptors (Lipinski definition) is 3. The van der Waals surface area contributed by atoms with Crippen molar-refractivity contribution in [1.82, 2.24) is 9.97 Å². The number of benzene rings is 1. The summed E-state index contributed by atoms with van der Waals surface area (Å²) in [6, 6.07) is 3.24. The summed E-state index contributed by atoms with van der Waals surface area (Å²) in [5.74, 6) is -1.95. The van der Waals surface area contributed by atoms with E-state index in [-0.39, 0.29) is 17.0 Å². The highest BCUT2D eigenvalue weighted by Crippen LogP contribution is 2.35. The van der Waals surface area contributed by atoms with E-state index in [1.54, 1.807) is 0 Å². The molecule has 112 valence electrons. The summed E-state index contributed by atoms with van der Waals surface area (Å²) in [5, 5.41) is 0. The maximum absolute atomic E-state index is 13.9. The highest BCUT2D eigenvalue weighted by molar-refractivity contribution is 9.10. The minimum atomic E-state index is -4.65. The Morgan fingerprint density at radius 2 is 2.05 bits per heavy atom. The number of methoxy groups -OCH3 is 1. The minimum Gasteiger partial charge on any atom is -0.465 e. The maximum atomic E-state index is 13.9. The van der Waals surface area contributed by atoms with Crippen molar-refractivity contribution < 1.29 is 27.1 Å². The Bertz CT molecular complexity index is 697. The zero-order valence-electron chi connectivity index (χ0n) is 10.4. The van der Waals surface area contributed by atoms with Gasteiger partial charge in [-0.15, -0.1) is 0 Å². The van der Waals surface area contributed by atoms with Gasteiger partial charge in [-0.1, -0.05) is 0 Å². The Morgan fingerprint density at radius 3 is 2.52 bits per heavy atom. The summed E-state index contributed by atoms with van der Waals surface area (Å²) in [7, 11) is 1.13. The largest absolute Gasteiger partial charge is 0.465 e. The molecule has 0 aliphatic carbocycles. The Balaban J connectivity index is 2.46. The second kappa shape index (κ2) is 5.47. The average Bonchev–Trinajstić information content (AvgIpc) is 2.79. The van der Waals surface area contributed by atoms with Gasteiger partial charge in [-0.25, -0.2) is 14.2 Å². The average molecular weight is 367 g/mol. The lowest BCUT2D eigenvalue weighted by Gasteiger charge is -2.04. The van der Waals surface area contributed by atoms with E-state index >= 15 is 0 Å². The third kappa shape index (κ3) is 3.07. The molecule has 0 spiro atoms. The van der Waals surface area contributed by atoms with Gasteiger partial charge in [0.25, 0.3) is 0 Å². The summed E-state index contributed by atoms with van der Waals surface area (Å²) in [4.78, 5) is 16.8. The Kier molecular flexibility index (Phi) is 4.04. The first kappa shape index (κ1) is 15.5. The van der Waals surface area contributed by atoms with Crippen molar-refractivity contribution in [3.63, 3.8) is 0 Å². The lowest BCUT2D eigenvalue weighted by molar-refractivity contribution is -0.141. The van der Waals surface area contributed by atoms with Crippen molar-refractivity contribution in [2.45, 2.75) is 6.18 Å². The number of rotatable bonds is 2. The lowest BCUT2D eigenvalue weighted by atomic mass is 10.1. The number of alkyl halides is 3. The number of nitrogens with zero attached hydrogens (tertiary/aromatic N) is 1. The first-order chi connectivity index (χ1) is 9.74. The Labute approximate surface area is 124 Å². The molecule has 0 atom stereocenters. The van der Waals surface area contributed by atoms with Crippen molar-refractivity contribution in [3.05, 3.63) is 39.9 Å². The van der Waals surface area contributed by atoms with Crippen LogP contribution in [0.2, 0.25) is 0 Å². The Hall–Kier alpha value is -1.90. The molecule has 0 radical (unpaired) electrons. The van der Waals surface area contributed by atoms with Crippen LogP contribution in [0.1, 0.15) is 16.1 Å². The van der Waals surface area contributed by atoms with Crippen LogP contribution in [-0.4, -0.2) is 23.0 Å². The van der Waals surface area contributed by atoms with Gasteiger partial charge in [-0.05, 0) is 34.1 Å². The van der Waals surface area contributed by atoms with Gasteiger partial charge in [0.2, 0.25) is 0 Å². The molecule has 0 fully saturated rings. The number of imidazole rings is 1. The number of hydrogen-bond donors (Lipinski definition) is 1. The number of carbonyl (C=O) groups excluding carboxylic acids is 1. The molecule has 1 aromatic carbocycles. The highest BCUT2D eigenvalue weighted by atomic mass is 79.9. The van der Waals surface area contributed by atoms with Gasteiger partial charge >= 0.3 is 12.1 Å². The first-order valence-corrected chi connectivity index (χ1v) is 6.24. The zero-order chi connectivity index (χ0) is 15.8. The number of nitrogens with one attached hydrogen (secondary N) is 1. The quantitative estimate of drug-likeness (QED) is 0.649. The summed E-state index contributed by atoms with van der Waals surface area (Å²) < 4.78 is 55.8. The number of carbonyl (C=O) groups is 1. The molecule has 21 heavy (non-hydrogen) atoms. The SMILES string of the molecule is COC(=O)c1ccc(-c2nc(Br)c(C(F)(F)F)[nH]2)c(F)c1. The molecular formula is C12H7BrF4N2O2. The van der Waals surface area contributed by atoms with Gasteiger partial charge in [0.05, 0.1) is 18.2 Å². The second-order valence-corrected chi connectivity index (χ2v) is 4.69. The van der Waals surface area contributed by atoms with E-state index < -0.39 is 28.3 Å². The minimum absolute atomic E-state index is 0.0552. The number of esters is 1. The normalized spacial score (nSPS) is 11.5. The number of ether oxygens (including phenoxy) is 1. The molecule has 2 rings (SSSR count). The van der Waals surface area contributed by atoms with Gasteiger partial charge in [0.1, 0.15) is 16.2 Å². The van der Waals surface area contributed by atoms with Crippen LogP contribution >= 0.6 is 15.9 Å².